The van der Waals surface area contributed by atoms with Crippen LogP contribution in [-0.4, -0.2) is 55.2 Å². The molecule has 1 amide bonds. The number of fused-ring (bicyclic) bond motifs is 1. The van der Waals surface area contributed by atoms with Crippen LogP contribution in [0.3, 0.4) is 0 Å². The van der Waals surface area contributed by atoms with Crippen molar-refractivity contribution in [1.29, 1.82) is 0 Å². The fourth-order valence-corrected chi connectivity index (χ4v) is 5.21. The van der Waals surface area contributed by atoms with E-state index in [0.29, 0.717) is 32.2 Å². The molecule has 0 spiro atoms. The molecule has 0 atom stereocenters. The van der Waals surface area contributed by atoms with Gasteiger partial charge in [0.25, 0.3) is 11.5 Å². The van der Waals surface area contributed by atoms with Gasteiger partial charge >= 0.3 is 5.97 Å². The normalized spacial score (nSPS) is 18.9. The summed E-state index contributed by atoms with van der Waals surface area (Å²) in [5, 5.41) is 8.95. The minimum absolute atomic E-state index is 0.00234. The van der Waals surface area contributed by atoms with Gasteiger partial charge in [-0.3, -0.25) is 23.7 Å². The van der Waals surface area contributed by atoms with Gasteiger partial charge in [0.2, 0.25) is 0 Å². The topological polar surface area (TPSA) is 95.2 Å². The Kier molecular flexibility index (Phi) is 6.34. The zero-order chi connectivity index (χ0) is 23.0. The Morgan fingerprint density at radius 3 is 2.75 bits per heavy atom. The lowest BCUT2D eigenvalue weighted by molar-refractivity contribution is -0.137. The molecule has 2 fully saturated rings. The first-order valence-corrected chi connectivity index (χ1v) is 11.7. The smallest absolute Gasteiger partial charge is 0.305 e. The molecule has 0 aromatic carbocycles. The summed E-state index contributed by atoms with van der Waals surface area (Å²) >= 11 is 6.37. The highest BCUT2D eigenvalue weighted by molar-refractivity contribution is 8.26. The van der Waals surface area contributed by atoms with E-state index in [9.17, 15) is 14.4 Å². The van der Waals surface area contributed by atoms with Crippen LogP contribution in [0, 0.1) is 12.8 Å². The number of aliphatic carboxylic acids is 1. The summed E-state index contributed by atoms with van der Waals surface area (Å²) in [7, 11) is 0. The number of carboxylic acids is 1. The Morgan fingerprint density at radius 1 is 1.34 bits per heavy atom. The van der Waals surface area contributed by atoms with Gasteiger partial charge in [-0.2, -0.15) is 0 Å². The number of piperidine rings is 1. The predicted molar refractivity (Wildman–Crippen MR) is 129 cm³/mol. The Bertz CT molecular complexity index is 1200. The Labute approximate surface area is 194 Å². The number of hydrogen-bond donors (Lipinski definition) is 1. The van der Waals surface area contributed by atoms with E-state index in [1.165, 1.54) is 9.30 Å². The maximum Gasteiger partial charge on any atom is 0.305 e. The van der Waals surface area contributed by atoms with E-state index in [0.717, 1.165) is 43.3 Å². The molecule has 168 valence electrons. The van der Waals surface area contributed by atoms with Crippen LogP contribution in [0.15, 0.2) is 28.0 Å². The van der Waals surface area contributed by atoms with E-state index >= 15 is 0 Å². The average molecular weight is 473 g/mol. The van der Waals surface area contributed by atoms with Crippen LogP contribution in [0.2, 0.25) is 0 Å². The number of thiocarbonyl (C=S) groups is 1. The summed E-state index contributed by atoms with van der Waals surface area (Å²) in [5.74, 6) is -0.194. The summed E-state index contributed by atoms with van der Waals surface area (Å²) < 4.78 is 1.79. The highest BCUT2D eigenvalue weighted by Crippen LogP contribution is 2.34. The lowest BCUT2D eigenvalue weighted by Gasteiger charge is -2.32. The summed E-state index contributed by atoms with van der Waals surface area (Å²) in [4.78, 5) is 45.9. The number of thioether (sulfide) groups is 1. The lowest BCUT2D eigenvalue weighted by Crippen LogP contribution is -2.36. The van der Waals surface area contributed by atoms with Crippen molar-refractivity contribution in [3.63, 3.8) is 0 Å². The number of hydrogen-bond acceptors (Lipinski definition) is 7. The molecule has 0 saturated carbocycles. The van der Waals surface area contributed by atoms with Gasteiger partial charge in [0.15, 0.2) is 0 Å². The van der Waals surface area contributed by atoms with Crippen molar-refractivity contribution in [2.45, 2.75) is 33.1 Å². The van der Waals surface area contributed by atoms with Crippen molar-refractivity contribution in [3.8, 4) is 0 Å². The number of carbonyl (C=O) groups is 2. The van der Waals surface area contributed by atoms with E-state index in [2.05, 4.69) is 11.8 Å². The number of carboxylic acid groups (broad SMARTS) is 1. The van der Waals surface area contributed by atoms with Crippen molar-refractivity contribution >= 4 is 57.7 Å². The fraction of sp³-hybridized carbons (Fsp3) is 0.409. The first kappa shape index (κ1) is 22.5. The third kappa shape index (κ3) is 4.29. The Balaban J connectivity index is 1.81. The van der Waals surface area contributed by atoms with Gasteiger partial charge in [-0.25, -0.2) is 4.98 Å². The van der Waals surface area contributed by atoms with Gasteiger partial charge in [-0.1, -0.05) is 37.0 Å². The van der Waals surface area contributed by atoms with E-state index in [-0.39, 0.29) is 24.4 Å². The van der Waals surface area contributed by atoms with Crippen LogP contribution >= 0.6 is 24.0 Å². The van der Waals surface area contributed by atoms with Crippen molar-refractivity contribution in [2.24, 2.45) is 5.92 Å². The number of anilines is 1. The molecule has 0 radical (unpaired) electrons. The second kappa shape index (κ2) is 9.03. The molecule has 2 aliphatic rings. The van der Waals surface area contributed by atoms with Gasteiger partial charge < -0.3 is 10.0 Å². The highest BCUT2D eigenvalue weighted by atomic mass is 32.2. The molecular formula is C22H24N4O4S2. The Morgan fingerprint density at radius 2 is 2.06 bits per heavy atom. The first-order chi connectivity index (χ1) is 15.3. The van der Waals surface area contributed by atoms with Crippen molar-refractivity contribution in [2.75, 3.05) is 24.5 Å². The molecule has 0 bridgehead atoms. The van der Waals surface area contributed by atoms with Crippen LogP contribution in [-0.2, 0) is 9.59 Å². The molecule has 2 aliphatic heterocycles. The molecule has 2 saturated heterocycles. The van der Waals surface area contributed by atoms with Crippen LogP contribution < -0.4 is 10.5 Å². The minimum atomic E-state index is -1.00. The molecule has 0 aliphatic carbocycles. The summed E-state index contributed by atoms with van der Waals surface area (Å²) in [5.41, 5.74) is 1.59. The van der Waals surface area contributed by atoms with Crippen molar-refractivity contribution < 1.29 is 14.7 Å². The standard InChI is InChI=1S/C22H24N4O4S2/c1-13-5-9-24(10-6-13)19-15(20(29)25-8-3-4-14(2)18(25)23-19)12-16-21(30)26(22(31)32-16)11-7-17(27)28/h3-4,8,12-13H,5-7,9-11H2,1-2H3,(H,27,28). The molecule has 4 rings (SSSR count). The number of aromatic nitrogens is 2. The van der Waals surface area contributed by atoms with Crippen LogP contribution in [0.25, 0.3) is 11.7 Å². The van der Waals surface area contributed by atoms with Gasteiger partial charge in [-0.15, -0.1) is 0 Å². The Hall–Kier alpha value is -2.72. The predicted octanol–water partition coefficient (Wildman–Crippen LogP) is 2.92. The summed E-state index contributed by atoms with van der Waals surface area (Å²) in [6.07, 6.45) is 5.06. The molecule has 2 aromatic heterocycles. The molecule has 2 aromatic rings. The zero-order valence-electron chi connectivity index (χ0n) is 17.9. The van der Waals surface area contributed by atoms with Gasteiger partial charge in [0.05, 0.1) is 16.9 Å². The molecule has 10 heteroatoms. The van der Waals surface area contributed by atoms with E-state index in [4.69, 9.17) is 22.3 Å². The number of pyridine rings is 1. The van der Waals surface area contributed by atoms with Crippen LogP contribution in [0.5, 0.6) is 0 Å². The van der Waals surface area contributed by atoms with Crippen LogP contribution in [0.4, 0.5) is 5.82 Å². The average Bonchev–Trinajstić information content (AvgIpc) is 3.02. The molecular weight excluding hydrogens is 448 g/mol. The molecule has 0 unspecified atom stereocenters. The molecule has 4 heterocycles. The quantitative estimate of drug-likeness (QED) is 0.524. The largest absolute Gasteiger partial charge is 0.481 e. The number of aryl methyl sites for hydroxylation is 1. The zero-order valence-corrected chi connectivity index (χ0v) is 19.5. The maximum atomic E-state index is 13.5. The van der Waals surface area contributed by atoms with Gasteiger partial charge in [0, 0.05) is 25.8 Å². The monoisotopic (exact) mass is 472 g/mol. The fourth-order valence-electron chi connectivity index (χ4n) is 3.92. The van der Waals surface area contributed by atoms with Crippen molar-refractivity contribution in [1.82, 2.24) is 14.3 Å². The SMILES string of the molecule is Cc1cccn2c(=O)c(C=C3SC(=S)N(CCC(=O)O)C3=O)c(N3CCC(C)CC3)nc12. The molecule has 8 nitrogen and oxygen atoms in total. The molecule has 1 N–H and O–H groups in total. The molecule has 32 heavy (non-hydrogen) atoms. The number of nitrogens with zero attached hydrogens (tertiary/aromatic N) is 4. The maximum absolute atomic E-state index is 13.5. The second-order valence-corrected chi connectivity index (χ2v) is 9.86. The van der Waals surface area contributed by atoms with Gasteiger partial charge in [-0.05, 0) is 43.4 Å². The van der Waals surface area contributed by atoms with E-state index in [1.54, 1.807) is 18.3 Å². The number of carbonyl (C=O) groups excluding carboxylic acids is 1. The second-order valence-electron chi connectivity index (χ2n) is 8.19. The number of rotatable bonds is 5. The minimum Gasteiger partial charge on any atom is -0.481 e. The van der Waals surface area contributed by atoms with Gasteiger partial charge in [0.1, 0.15) is 15.8 Å². The highest BCUT2D eigenvalue weighted by Gasteiger charge is 2.33. The number of amides is 1. The third-order valence-corrected chi connectivity index (χ3v) is 7.22. The van der Waals surface area contributed by atoms with Crippen molar-refractivity contribution in [3.05, 3.63) is 44.7 Å². The third-order valence-electron chi connectivity index (χ3n) is 5.85. The van der Waals surface area contributed by atoms with E-state index < -0.39 is 5.97 Å². The van der Waals surface area contributed by atoms with Crippen LogP contribution in [0.1, 0.15) is 37.3 Å². The summed E-state index contributed by atoms with van der Waals surface area (Å²) in [6, 6.07) is 3.71. The summed E-state index contributed by atoms with van der Waals surface area (Å²) in [6.45, 7) is 5.71. The lowest BCUT2D eigenvalue weighted by atomic mass is 9.99. The van der Waals surface area contributed by atoms with E-state index in [1.807, 2.05) is 13.0 Å². The first-order valence-electron chi connectivity index (χ1n) is 10.5.